The Kier molecular flexibility index (Phi) is 5.19. The first kappa shape index (κ1) is 13.6. The molecule has 2 nitrogen and oxygen atoms in total. The second-order valence-electron chi connectivity index (χ2n) is 5.87. The summed E-state index contributed by atoms with van der Waals surface area (Å²) in [7, 11) is 0. The van der Waals surface area contributed by atoms with Crippen molar-refractivity contribution in [3.05, 3.63) is 0 Å². The Hall–Kier alpha value is 0.620. The molecule has 3 rings (SSSR count). The average molecular weight is 288 g/mol. The van der Waals surface area contributed by atoms with E-state index in [0.29, 0.717) is 0 Å². The summed E-state index contributed by atoms with van der Waals surface area (Å²) in [5.41, 5.74) is 0. The van der Waals surface area contributed by atoms with Crippen molar-refractivity contribution < 1.29 is 9.47 Å². The van der Waals surface area contributed by atoms with Crippen LogP contribution in [0.3, 0.4) is 0 Å². The van der Waals surface area contributed by atoms with Crippen LogP contribution in [-0.4, -0.2) is 48.4 Å². The molecular weight excluding hydrogens is 264 g/mol. The molecule has 1 saturated carbocycles. The molecule has 0 aromatic heterocycles. The minimum atomic E-state index is 0.823. The molecule has 18 heavy (non-hydrogen) atoms. The predicted molar refractivity (Wildman–Crippen MR) is 79.6 cm³/mol. The highest BCUT2D eigenvalue weighted by Crippen LogP contribution is 2.33. The largest absolute Gasteiger partial charge is 0.380 e. The molecule has 0 bridgehead atoms. The van der Waals surface area contributed by atoms with E-state index in [4.69, 9.17) is 9.47 Å². The maximum atomic E-state index is 5.80. The third kappa shape index (κ3) is 4.95. The van der Waals surface area contributed by atoms with Crippen molar-refractivity contribution in [2.75, 3.05) is 37.9 Å². The summed E-state index contributed by atoms with van der Waals surface area (Å²) in [4.78, 5) is 0. The number of thioether (sulfide) groups is 2. The minimum absolute atomic E-state index is 0.823. The molecule has 2 saturated heterocycles. The SMILES string of the molecule is C1CC(COCC2CS2)CCC1COCC1CS1. The summed E-state index contributed by atoms with van der Waals surface area (Å²) in [5, 5.41) is 1.66. The van der Waals surface area contributed by atoms with Gasteiger partial charge in [-0.3, -0.25) is 0 Å². The maximum Gasteiger partial charge on any atom is 0.0593 e. The standard InChI is InChI=1S/C14H24O2S2/c1-2-12(6-16-8-14-10-18-14)4-3-11(1)5-15-7-13-9-17-13/h11-14H,1-10H2. The van der Waals surface area contributed by atoms with Crippen LogP contribution in [0.5, 0.6) is 0 Å². The third-order valence-corrected chi connectivity index (χ3v) is 5.97. The highest BCUT2D eigenvalue weighted by atomic mass is 32.2. The van der Waals surface area contributed by atoms with E-state index < -0.39 is 0 Å². The van der Waals surface area contributed by atoms with Crippen molar-refractivity contribution in [2.24, 2.45) is 11.8 Å². The molecule has 0 amide bonds. The monoisotopic (exact) mass is 288 g/mol. The molecule has 4 heteroatoms. The molecule has 2 atom stereocenters. The summed E-state index contributed by atoms with van der Waals surface area (Å²) in [5.74, 6) is 4.29. The number of rotatable bonds is 8. The Morgan fingerprint density at radius 1 is 0.667 bits per heavy atom. The van der Waals surface area contributed by atoms with Crippen molar-refractivity contribution in [3.8, 4) is 0 Å². The van der Waals surface area contributed by atoms with Crippen LogP contribution in [0.1, 0.15) is 25.7 Å². The van der Waals surface area contributed by atoms with Crippen LogP contribution in [0, 0.1) is 11.8 Å². The van der Waals surface area contributed by atoms with Crippen LogP contribution in [0.15, 0.2) is 0 Å². The van der Waals surface area contributed by atoms with Gasteiger partial charge in [0, 0.05) is 35.2 Å². The molecule has 0 radical (unpaired) electrons. The molecule has 3 fully saturated rings. The lowest BCUT2D eigenvalue weighted by Gasteiger charge is -2.28. The quantitative estimate of drug-likeness (QED) is 0.639. The van der Waals surface area contributed by atoms with Crippen LogP contribution in [0.25, 0.3) is 0 Å². The van der Waals surface area contributed by atoms with Gasteiger partial charge in [0.1, 0.15) is 0 Å². The average Bonchev–Trinajstić information content (AvgIpc) is 3.25. The van der Waals surface area contributed by atoms with Gasteiger partial charge in [-0.25, -0.2) is 0 Å². The van der Waals surface area contributed by atoms with Crippen LogP contribution >= 0.6 is 23.5 Å². The Bertz CT molecular complexity index is 220. The molecule has 0 aromatic rings. The molecule has 3 aliphatic rings. The zero-order valence-electron chi connectivity index (χ0n) is 11.0. The fourth-order valence-electron chi connectivity index (χ4n) is 2.63. The second kappa shape index (κ2) is 6.87. The van der Waals surface area contributed by atoms with Crippen LogP contribution in [0.2, 0.25) is 0 Å². The van der Waals surface area contributed by atoms with Crippen LogP contribution in [-0.2, 0) is 9.47 Å². The van der Waals surface area contributed by atoms with Crippen molar-refractivity contribution in [1.82, 2.24) is 0 Å². The summed E-state index contributed by atoms with van der Waals surface area (Å²) >= 11 is 4.06. The number of hydrogen-bond donors (Lipinski definition) is 0. The van der Waals surface area contributed by atoms with Gasteiger partial charge in [-0.1, -0.05) is 0 Å². The lowest BCUT2D eigenvalue weighted by Crippen LogP contribution is -2.22. The molecule has 0 N–H and O–H groups in total. The maximum absolute atomic E-state index is 5.80. The topological polar surface area (TPSA) is 18.5 Å². The first-order chi connectivity index (χ1) is 8.90. The Labute approximate surface area is 119 Å². The van der Waals surface area contributed by atoms with Gasteiger partial charge in [0.2, 0.25) is 0 Å². The van der Waals surface area contributed by atoms with E-state index in [-0.39, 0.29) is 0 Å². The summed E-state index contributed by atoms with van der Waals surface area (Å²) in [6.45, 7) is 3.99. The smallest absolute Gasteiger partial charge is 0.0593 e. The van der Waals surface area contributed by atoms with Crippen LogP contribution in [0.4, 0.5) is 0 Å². The molecule has 2 unspecified atom stereocenters. The first-order valence-electron chi connectivity index (χ1n) is 7.29. The first-order valence-corrected chi connectivity index (χ1v) is 9.38. The molecule has 0 aromatic carbocycles. The van der Waals surface area contributed by atoms with Gasteiger partial charge >= 0.3 is 0 Å². The van der Waals surface area contributed by atoms with Crippen molar-refractivity contribution in [1.29, 1.82) is 0 Å². The molecule has 2 aliphatic heterocycles. The Morgan fingerprint density at radius 2 is 1.06 bits per heavy atom. The predicted octanol–water partition coefficient (Wildman–Crippen LogP) is 3.06. The number of ether oxygens (including phenoxy) is 2. The van der Waals surface area contributed by atoms with Gasteiger partial charge in [-0.2, -0.15) is 23.5 Å². The second-order valence-corrected chi connectivity index (χ2v) is 8.54. The lowest BCUT2D eigenvalue weighted by molar-refractivity contribution is 0.0542. The Balaban J connectivity index is 1.21. The van der Waals surface area contributed by atoms with E-state index in [0.717, 1.165) is 48.8 Å². The highest BCUT2D eigenvalue weighted by molar-refractivity contribution is 8.07. The van der Waals surface area contributed by atoms with Crippen molar-refractivity contribution in [2.45, 2.75) is 36.2 Å². The van der Waals surface area contributed by atoms with Gasteiger partial charge in [-0.15, -0.1) is 0 Å². The molecule has 2 heterocycles. The van der Waals surface area contributed by atoms with Gasteiger partial charge in [0.25, 0.3) is 0 Å². The normalized spacial score (nSPS) is 38.7. The van der Waals surface area contributed by atoms with Gasteiger partial charge in [0.05, 0.1) is 13.2 Å². The van der Waals surface area contributed by atoms with E-state index in [9.17, 15) is 0 Å². The Morgan fingerprint density at radius 3 is 1.39 bits per heavy atom. The molecule has 1 aliphatic carbocycles. The summed E-state index contributed by atoms with van der Waals surface area (Å²) in [6, 6.07) is 0. The summed E-state index contributed by atoms with van der Waals surface area (Å²) < 4.78 is 11.6. The van der Waals surface area contributed by atoms with E-state index >= 15 is 0 Å². The fourth-order valence-corrected chi connectivity index (χ4v) is 3.48. The van der Waals surface area contributed by atoms with Crippen LogP contribution < -0.4 is 0 Å². The third-order valence-electron chi connectivity index (χ3n) is 4.09. The van der Waals surface area contributed by atoms with Gasteiger partial charge < -0.3 is 9.47 Å². The molecule has 0 spiro atoms. The zero-order valence-corrected chi connectivity index (χ0v) is 12.6. The van der Waals surface area contributed by atoms with E-state index in [2.05, 4.69) is 0 Å². The van der Waals surface area contributed by atoms with Crippen molar-refractivity contribution >= 4 is 23.5 Å². The van der Waals surface area contributed by atoms with Crippen molar-refractivity contribution in [3.63, 3.8) is 0 Å². The van der Waals surface area contributed by atoms with Gasteiger partial charge in [0.15, 0.2) is 0 Å². The van der Waals surface area contributed by atoms with E-state index in [1.807, 2.05) is 23.5 Å². The lowest BCUT2D eigenvalue weighted by atomic mass is 9.83. The minimum Gasteiger partial charge on any atom is -0.380 e. The van der Waals surface area contributed by atoms with E-state index in [1.54, 1.807) is 0 Å². The number of hydrogen-bond acceptors (Lipinski definition) is 4. The molecule has 104 valence electrons. The highest BCUT2D eigenvalue weighted by Gasteiger charge is 2.26. The van der Waals surface area contributed by atoms with E-state index in [1.165, 1.54) is 37.2 Å². The summed E-state index contributed by atoms with van der Waals surface area (Å²) in [6.07, 6.45) is 5.40. The zero-order chi connectivity index (χ0) is 12.2. The molecular formula is C14H24O2S2. The van der Waals surface area contributed by atoms with Gasteiger partial charge in [-0.05, 0) is 37.5 Å². The fraction of sp³-hybridized carbons (Fsp3) is 1.00.